The highest BCUT2D eigenvalue weighted by Crippen LogP contribution is 2.07. The Labute approximate surface area is 92.5 Å². The summed E-state index contributed by atoms with van der Waals surface area (Å²) in [5.41, 5.74) is 1.32. The first-order valence-corrected chi connectivity index (χ1v) is 5.51. The molecule has 0 aromatic carbocycles. The molecule has 1 heterocycles. The summed E-state index contributed by atoms with van der Waals surface area (Å²) in [5, 5.41) is 3.23. The monoisotopic (exact) mass is 207 g/mol. The summed E-state index contributed by atoms with van der Waals surface area (Å²) in [6, 6.07) is 4.74. The van der Waals surface area contributed by atoms with Gasteiger partial charge >= 0.3 is 0 Å². The highest BCUT2D eigenvalue weighted by atomic mass is 15.1. The summed E-state index contributed by atoms with van der Waals surface area (Å²) in [5.74, 6) is 0. The van der Waals surface area contributed by atoms with E-state index in [4.69, 9.17) is 0 Å². The molecule has 0 aliphatic heterocycles. The van der Waals surface area contributed by atoms with Crippen LogP contribution in [-0.2, 0) is 6.54 Å². The molecule has 15 heavy (non-hydrogen) atoms. The van der Waals surface area contributed by atoms with Crippen molar-refractivity contribution in [3.8, 4) is 0 Å². The molecule has 0 saturated heterocycles. The number of nitrogens with one attached hydrogen (secondary N) is 1. The van der Waals surface area contributed by atoms with Crippen molar-refractivity contribution in [3.05, 3.63) is 30.1 Å². The van der Waals surface area contributed by atoms with Crippen molar-refractivity contribution in [3.63, 3.8) is 0 Å². The summed E-state index contributed by atoms with van der Waals surface area (Å²) < 4.78 is 0. The van der Waals surface area contributed by atoms with Gasteiger partial charge in [-0.15, -0.1) is 0 Å². The molecule has 0 bridgehead atoms. The van der Waals surface area contributed by atoms with Gasteiger partial charge in [0.25, 0.3) is 0 Å². The Morgan fingerprint density at radius 2 is 2.07 bits per heavy atom. The molecule has 1 atom stereocenters. The molecular weight excluding hydrogens is 186 g/mol. The fraction of sp³-hybridized carbons (Fsp3) is 0.583. The second-order valence-corrected chi connectivity index (χ2v) is 3.89. The minimum Gasteiger partial charge on any atom is -0.318 e. The largest absolute Gasteiger partial charge is 0.318 e. The number of pyridine rings is 1. The van der Waals surface area contributed by atoms with Crippen LogP contribution < -0.4 is 5.32 Å². The van der Waals surface area contributed by atoms with E-state index in [-0.39, 0.29) is 0 Å². The third-order valence-electron chi connectivity index (χ3n) is 2.72. The molecule has 0 saturated carbocycles. The van der Waals surface area contributed by atoms with Crippen LogP contribution in [0.1, 0.15) is 18.9 Å². The highest BCUT2D eigenvalue weighted by molar-refractivity contribution is 5.09. The maximum atomic E-state index is 4.02. The van der Waals surface area contributed by atoms with Crippen molar-refractivity contribution in [1.29, 1.82) is 0 Å². The zero-order valence-corrected chi connectivity index (χ0v) is 9.90. The third-order valence-corrected chi connectivity index (χ3v) is 2.72. The molecule has 0 radical (unpaired) electrons. The molecule has 0 spiro atoms. The number of rotatable bonds is 6. The van der Waals surface area contributed by atoms with Crippen LogP contribution in [0.15, 0.2) is 24.5 Å². The Balaban J connectivity index is 2.50. The van der Waals surface area contributed by atoms with Crippen molar-refractivity contribution in [2.75, 3.05) is 20.6 Å². The molecular formula is C12H21N3. The minimum atomic E-state index is 0.600. The Bertz CT molecular complexity index is 261. The molecule has 1 aromatic heterocycles. The predicted molar refractivity (Wildman–Crippen MR) is 63.7 cm³/mol. The van der Waals surface area contributed by atoms with Crippen LogP contribution in [-0.4, -0.2) is 36.6 Å². The van der Waals surface area contributed by atoms with Crippen LogP contribution in [0.3, 0.4) is 0 Å². The van der Waals surface area contributed by atoms with E-state index in [1.807, 2.05) is 19.4 Å². The van der Waals surface area contributed by atoms with Gasteiger partial charge in [-0.1, -0.05) is 6.92 Å². The smallest absolute Gasteiger partial charge is 0.0271 e. The second-order valence-electron chi connectivity index (χ2n) is 3.89. The van der Waals surface area contributed by atoms with E-state index in [0.29, 0.717) is 6.04 Å². The summed E-state index contributed by atoms with van der Waals surface area (Å²) >= 11 is 0. The number of likely N-dealkylation sites (N-methyl/N-ethyl adjacent to an activating group) is 2. The quantitative estimate of drug-likeness (QED) is 0.766. The molecule has 3 heteroatoms. The number of hydrogen-bond donors (Lipinski definition) is 1. The van der Waals surface area contributed by atoms with Gasteiger partial charge in [-0.3, -0.25) is 9.88 Å². The van der Waals surface area contributed by atoms with Crippen molar-refractivity contribution in [2.45, 2.75) is 25.9 Å². The normalized spacial score (nSPS) is 13.1. The Hall–Kier alpha value is -0.930. The Morgan fingerprint density at radius 3 is 2.60 bits per heavy atom. The van der Waals surface area contributed by atoms with Gasteiger partial charge in [0.1, 0.15) is 0 Å². The van der Waals surface area contributed by atoms with Gasteiger partial charge < -0.3 is 5.32 Å². The number of aromatic nitrogens is 1. The third kappa shape index (κ3) is 3.98. The minimum absolute atomic E-state index is 0.600. The first kappa shape index (κ1) is 12.1. The van der Waals surface area contributed by atoms with Gasteiger partial charge in [0.05, 0.1) is 0 Å². The van der Waals surface area contributed by atoms with E-state index in [0.717, 1.165) is 13.1 Å². The van der Waals surface area contributed by atoms with Crippen LogP contribution in [0.4, 0.5) is 0 Å². The summed E-state index contributed by atoms with van der Waals surface area (Å²) in [4.78, 5) is 6.40. The first-order chi connectivity index (χ1) is 7.27. The average molecular weight is 207 g/mol. The highest BCUT2D eigenvalue weighted by Gasteiger charge is 2.11. The molecule has 0 fully saturated rings. The molecule has 1 aromatic rings. The van der Waals surface area contributed by atoms with Gasteiger partial charge in [0.15, 0.2) is 0 Å². The lowest BCUT2D eigenvalue weighted by molar-refractivity contribution is 0.224. The molecule has 0 amide bonds. The lowest BCUT2D eigenvalue weighted by Gasteiger charge is -2.26. The van der Waals surface area contributed by atoms with Crippen molar-refractivity contribution in [2.24, 2.45) is 0 Å². The summed E-state index contributed by atoms with van der Waals surface area (Å²) in [6.07, 6.45) is 4.87. The maximum Gasteiger partial charge on any atom is 0.0271 e. The van der Waals surface area contributed by atoms with Crippen LogP contribution >= 0.6 is 0 Å². The molecule has 3 nitrogen and oxygen atoms in total. The summed E-state index contributed by atoms with van der Waals surface area (Å²) in [6.45, 7) is 4.26. The fourth-order valence-corrected chi connectivity index (χ4v) is 1.75. The van der Waals surface area contributed by atoms with Crippen molar-refractivity contribution < 1.29 is 0 Å². The van der Waals surface area contributed by atoms with Gasteiger partial charge in [-0.2, -0.15) is 0 Å². The first-order valence-electron chi connectivity index (χ1n) is 5.51. The average Bonchev–Trinajstić information content (AvgIpc) is 2.27. The lowest BCUT2D eigenvalue weighted by Crippen LogP contribution is -2.38. The van der Waals surface area contributed by atoms with E-state index >= 15 is 0 Å². The molecule has 1 N–H and O–H groups in total. The second kappa shape index (κ2) is 6.53. The zero-order valence-electron chi connectivity index (χ0n) is 9.90. The molecule has 0 aliphatic rings. The topological polar surface area (TPSA) is 28.2 Å². The Kier molecular flexibility index (Phi) is 5.29. The summed E-state index contributed by atoms with van der Waals surface area (Å²) in [7, 11) is 4.18. The van der Waals surface area contributed by atoms with Crippen LogP contribution in [0, 0.1) is 0 Å². The number of hydrogen-bond acceptors (Lipinski definition) is 3. The van der Waals surface area contributed by atoms with Gasteiger partial charge in [0, 0.05) is 31.5 Å². The van der Waals surface area contributed by atoms with Gasteiger partial charge in [0.2, 0.25) is 0 Å². The standard InChI is InChI=1S/C12H21N3/c1-4-12(9-13-2)15(3)10-11-5-7-14-8-6-11/h5-8,12-13H,4,9-10H2,1-3H3. The van der Waals surface area contributed by atoms with E-state index in [1.54, 1.807) is 0 Å². The zero-order chi connectivity index (χ0) is 11.1. The van der Waals surface area contributed by atoms with Gasteiger partial charge in [-0.05, 0) is 38.2 Å². The molecule has 1 rings (SSSR count). The maximum absolute atomic E-state index is 4.02. The number of nitrogens with zero attached hydrogens (tertiary/aromatic N) is 2. The van der Waals surface area contributed by atoms with E-state index in [1.165, 1.54) is 12.0 Å². The fourth-order valence-electron chi connectivity index (χ4n) is 1.75. The molecule has 84 valence electrons. The molecule has 0 aliphatic carbocycles. The van der Waals surface area contributed by atoms with Crippen molar-refractivity contribution >= 4 is 0 Å². The van der Waals surface area contributed by atoms with E-state index < -0.39 is 0 Å². The lowest BCUT2D eigenvalue weighted by atomic mass is 10.1. The van der Waals surface area contributed by atoms with E-state index in [2.05, 4.69) is 41.3 Å². The van der Waals surface area contributed by atoms with Gasteiger partial charge in [-0.25, -0.2) is 0 Å². The van der Waals surface area contributed by atoms with Crippen LogP contribution in [0.5, 0.6) is 0 Å². The van der Waals surface area contributed by atoms with E-state index in [9.17, 15) is 0 Å². The van der Waals surface area contributed by atoms with Crippen LogP contribution in [0.25, 0.3) is 0 Å². The Morgan fingerprint density at radius 1 is 1.40 bits per heavy atom. The molecule has 1 unspecified atom stereocenters. The predicted octanol–water partition coefficient (Wildman–Crippen LogP) is 1.51. The van der Waals surface area contributed by atoms with Crippen molar-refractivity contribution in [1.82, 2.24) is 15.2 Å². The SMILES string of the molecule is CCC(CNC)N(C)Cc1ccncc1. The van der Waals surface area contributed by atoms with Crippen LogP contribution in [0.2, 0.25) is 0 Å².